The van der Waals surface area contributed by atoms with E-state index in [4.69, 9.17) is 0 Å². The Morgan fingerprint density at radius 3 is 2.77 bits per heavy atom. The van der Waals surface area contributed by atoms with Gasteiger partial charge in [-0.05, 0) is 42.7 Å². The van der Waals surface area contributed by atoms with Crippen molar-refractivity contribution in [1.29, 1.82) is 0 Å². The Kier molecular flexibility index (Phi) is 4.96. The van der Waals surface area contributed by atoms with E-state index in [0.29, 0.717) is 12.0 Å². The number of benzene rings is 1. The van der Waals surface area contributed by atoms with E-state index in [2.05, 4.69) is 0 Å². The van der Waals surface area contributed by atoms with Crippen molar-refractivity contribution >= 4 is 17.6 Å². The van der Waals surface area contributed by atoms with Gasteiger partial charge in [-0.25, -0.2) is 0 Å². The molecule has 2 nitrogen and oxygen atoms in total. The summed E-state index contributed by atoms with van der Waals surface area (Å²) in [5, 5.41) is 0. The molecule has 22 heavy (non-hydrogen) atoms. The third kappa shape index (κ3) is 4.41. The summed E-state index contributed by atoms with van der Waals surface area (Å²) in [6, 6.07) is 4.75. The number of halogens is 3. The Labute approximate surface area is 126 Å². The highest BCUT2D eigenvalue weighted by atomic mass is 19.4. The predicted octanol–water partition coefficient (Wildman–Crippen LogP) is 4.21. The van der Waals surface area contributed by atoms with Crippen LogP contribution in [0.25, 0.3) is 6.08 Å². The highest BCUT2D eigenvalue weighted by Crippen LogP contribution is 2.29. The molecule has 5 heteroatoms. The maximum Gasteiger partial charge on any atom is 0.416 e. The molecule has 0 aromatic heterocycles. The van der Waals surface area contributed by atoms with Crippen LogP contribution in [0.15, 0.2) is 42.5 Å². The zero-order chi connectivity index (χ0) is 16.2. The van der Waals surface area contributed by atoms with Gasteiger partial charge >= 0.3 is 6.18 Å². The molecular weight excluding hydrogens is 293 g/mol. The van der Waals surface area contributed by atoms with Crippen LogP contribution in [-0.2, 0) is 15.8 Å². The topological polar surface area (TPSA) is 34.1 Å². The minimum atomic E-state index is -4.41. The summed E-state index contributed by atoms with van der Waals surface area (Å²) in [5.74, 6) is -0.637. The Bertz CT molecular complexity index is 627. The van der Waals surface area contributed by atoms with Gasteiger partial charge in [-0.15, -0.1) is 0 Å². The summed E-state index contributed by atoms with van der Waals surface area (Å²) in [7, 11) is 0. The standard InChI is InChI=1S/C17H15F3O2/c18-17(19,20)14-6-3-4-12(10-14)8-9-15(21)11-13-5-1-2-7-16(13)22/h2-4,6-10,13H,1,5,11H2/b9-8+. The van der Waals surface area contributed by atoms with Crippen molar-refractivity contribution in [2.24, 2.45) is 5.92 Å². The molecule has 0 N–H and O–H groups in total. The fourth-order valence-electron chi connectivity index (χ4n) is 2.30. The Balaban J connectivity index is 2.01. The summed E-state index contributed by atoms with van der Waals surface area (Å²) in [5.41, 5.74) is -0.451. The fraction of sp³-hybridized carbons (Fsp3) is 0.294. The summed E-state index contributed by atoms with van der Waals surface area (Å²) < 4.78 is 37.8. The normalized spacial score (nSPS) is 18.9. The first-order valence-corrected chi connectivity index (χ1v) is 6.95. The van der Waals surface area contributed by atoms with Gasteiger partial charge in [0.25, 0.3) is 0 Å². The van der Waals surface area contributed by atoms with Gasteiger partial charge in [0.15, 0.2) is 11.6 Å². The Morgan fingerprint density at radius 2 is 2.09 bits per heavy atom. The molecule has 0 radical (unpaired) electrons. The van der Waals surface area contributed by atoms with Crippen LogP contribution >= 0.6 is 0 Å². The fourth-order valence-corrected chi connectivity index (χ4v) is 2.30. The molecule has 116 valence electrons. The lowest BCUT2D eigenvalue weighted by Gasteiger charge is -2.14. The van der Waals surface area contributed by atoms with Gasteiger partial charge in [-0.2, -0.15) is 13.2 Å². The van der Waals surface area contributed by atoms with Crippen LogP contribution in [0.4, 0.5) is 13.2 Å². The first-order valence-electron chi connectivity index (χ1n) is 6.95. The minimum Gasteiger partial charge on any atom is -0.295 e. The zero-order valence-electron chi connectivity index (χ0n) is 11.8. The van der Waals surface area contributed by atoms with E-state index in [0.717, 1.165) is 18.6 Å². The molecule has 1 atom stereocenters. The van der Waals surface area contributed by atoms with E-state index in [1.54, 1.807) is 6.08 Å². The van der Waals surface area contributed by atoms with Gasteiger partial charge in [0.05, 0.1) is 5.56 Å². The minimum absolute atomic E-state index is 0.0629. The number of hydrogen-bond acceptors (Lipinski definition) is 2. The maximum atomic E-state index is 12.6. The highest BCUT2D eigenvalue weighted by Gasteiger charge is 2.30. The molecule has 1 aromatic carbocycles. The van der Waals surface area contributed by atoms with E-state index < -0.39 is 11.7 Å². The second kappa shape index (κ2) is 6.73. The number of carbonyl (C=O) groups is 2. The molecule has 1 aliphatic carbocycles. The van der Waals surface area contributed by atoms with Crippen LogP contribution in [0, 0.1) is 5.92 Å². The molecule has 1 aliphatic rings. The van der Waals surface area contributed by atoms with Crippen molar-refractivity contribution in [2.75, 3.05) is 0 Å². The molecule has 0 saturated carbocycles. The number of ketones is 2. The molecule has 0 saturated heterocycles. The largest absolute Gasteiger partial charge is 0.416 e. The van der Waals surface area contributed by atoms with E-state index in [1.807, 2.05) is 0 Å². The average molecular weight is 308 g/mol. The lowest BCUT2D eigenvalue weighted by molar-refractivity contribution is -0.137. The molecule has 0 spiro atoms. The molecule has 2 rings (SSSR count). The zero-order valence-corrected chi connectivity index (χ0v) is 11.8. The first kappa shape index (κ1) is 16.2. The van der Waals surface area contributed by atoms with Crippen LogP contribution in [0.1, 0.15) is 30.4 Å². The summed E-state index contributed by atoms with van der Waals surface area (Å²) in [4.78, 5) is 23.4. The van der Waals surface area contributed by atoms with Crippen LogP contribution in [0.3, 0.4) is 0 Å². The summed E-state index contributed by atoms with van der Waals surface area (Å²) in [6.07, 6.45) is 2.94. The Morgan fingerprint density at radius 1 is 1.32 bits per heavy atom. The second-order valence-corrected chi connectivity index (χ2v) is 5.21. The van der Waals surface area contributed by atoms with Gasteiger partial charge in [-0.3, -0.25) is 9.59 Å². The SMILES string of the molecule is O=C(/C=C/c1cccc(C(F)(F)F)c1)CC1CCC=CC1=O. The number of alkyl halides is 3. The van der Waals surface area contributed by atoms with Crippen molar-refractivity contribution in [1.82, 2.24) is 0 Å². The lowest BCUT2D eigenvalue weighted by Crippen LogP contribution is -2.18. The van der Waals surface area contributed by atoms with Crippen LogP contribution < -0.4 is 0 Å². The molecule has 0 fully saturated rings. The monoisotopic (exact) mass is 308 g/mol. The van der Waals surface area contributed by atoms with Crippen LogP contribution in [0.5, 0.6) is 0 Å². The van der Waals surface area contributed by atoms with E-state index in [9.17, 15) is 22.8 Å². The van der Waals surface area contributed by atoms with E-state index >= 15 is 0 Å². The first-order chi connectivity index (χ1) is 10.4. The van der Waals surface area contributed by atoms with E-state index in [-0.39, 0.29) is 23.9 Å². The third-order valence-corrected chi connectivity index (χ3v) is 3.49. The van der Waals surface area contributed by atoms with E-state index in [1.165, 1.54) is 30.4 Å². The number of carbonyl (C=O) groups excluding carboxylic acids is 2. The van der Waals surface area contributed by atoms with Gasteiger partial charge in [0, 0.05) is 12.3 Å². The van der Waals surface area contributed by atoms with Crippen LogP contribution in [0.2, 0.25) is 0 Å². The van der Waals surface area contributed by atoms with Crippen molar-refractivity contribution in [3.05, 3.63) is 53.6 Å². The highest BCUT2D eigenvalue weighted by molar-refractivity contribution is 5.99. The van der Waals surface area contributed by atoms with Gasteiger partial charge in [-0.1, -0.05) is 24.3 Å². The smallest absolute Gasteiger partial charge is 0.295 e. The van der Waals surface area contributed by atoms with Gasteiger partial charge in [0.1, 0.15) is 0 Å². The van der Waals surface area contributed by atoms with Gasteiger partial charge < -0.3 is 0 Å². The maximum absolute atomic E-state index is 12.6. The van der Waals surface area contributed by atoms with Gasteiger partial charge in [0.2, 0.25) is 0 Å². The van der Waals surface area contributed by atoms with Crippen molar-refractivity contribution in [3.63, 3.8) is 0 Å². The molecule has 1 aromatic rings. The molecule has 1 unspecified atom stereocenters. The summed E-state index contributed by atoms with van der Waals surface area (Å²) >= 11 is 0. The molecular formula is C17H15F3O2. The Hall–Kier alpha value is -2.17. The quantitative estimate of drug-likeness (QED) is 0.781. The average Bonchev–Trinajstić information content (AvgIpc) is 2.47. The van der Waals surface area contributed by atoms with Crippen LogP contribution in [-0.4, -0.2) is 11.6 Å². The number of hydrogen-bond donors (Lipinski definition) is 0. The number of allylic oxidation sites excluding steroid dienone is 3. The lowest BCUT2D eigenvalue weighted by atomic mass is 9.88. The van der Waals surface area contributed by atoms with Crippen molar-refractivity contribution < 1.29 is 22.8 Å². The predicted molar refractivity (Wildman–Crippen MR) is 77.0 cm³/mol. The van der Waals surface area contributed by atoms with Crippen molar-refractivity contribution in [3.8, 4) is 0 Å². The third-order valence-electron chi connectivity index (χ3n) is 3.49. The second-order valence-electron chi connectivity index (χ2n) is 5.21. The summed E-state index contributed by atoms with van der Waals surface area (Å²) in [6.45, 7) is 0. The number of rotatable bonds is 4. The van der Waals surface area contributed by atoms with Crippen molar-refractivity contribution in [2.45, 2.75) is 25.4 Å². The molecule has 0 aliphatic heterocycles. The molecule has 0 bridgehead atoms. The molecule has 0 amide bonds. The molecule has 0 heterocycles.